The van der Waals surface area contributed by atoms with Gasteiger partial charge in [-0.05, 0) is 18.9 Å². The van der Waals surface area contributed by atoms with E-state index in [4.69, 9.17) is 17.9 Å². The van der Waals surface area contributed by atoms with Crippen LogP contribution >= 0.6 is 0 Å². The van der Waals surface area contributed by atoms with Gasteiger partial charge in [0.05, 0.1) is 30.0 Å². The van der Waals surface area contributed by atoms with Crippen LogP contribution in [0.1, 0.15) is 12.1 Å². The minimum Gasteiger partial charge on any atom is -0.396 e. The molecule has 0 unspecified atom stereocenters. The number of nitrogens with two attached hydrogens (primary N) is 2. The van der Waals surface area contributed by atoms with E-state index in [1.165, 1.54) is 6.20 Å². The molecule has 0 saturated carbocycles. The fourth-order valence-electron chi connectivity index (χ4n) is 1.61. The van der Waals surface area contributed by atoms with E-state index < -0.39 is 0 Å². The van der Waals surface area contributed by atoms with Crippen LogP contribution in [0.4, 0.5) is 23.0 Å². The third kappa shape index (κ3) is 4.06. The lowest BCUT2D eigenvalue weighted by Crippen LogP contribution is -2.10. The van der Waals surface area contributed by atoms with Crippen molar-refractivity contribution in [1.29, 1.82) is 0 Å². The fraction of sp³-hybridized carbons (Fsp3) is 0.214. The number of pyridine rings is 1. The van der Waals surface area contributed by atoms with Crippen molar-refractivity contribution in [3.63, 3.8) is 0 Å². The zero-order valence-corrected chi connectivity index (χ0v) is 11.5. The summed E-state index contributed by atoms with van der Waals surface area (Å²) in [7, 11) is 0. The highest BCUT2D eigenvalue weighted by Crippen LogP contribution is 2.22. The summed E-state index contributed by atoms with van der Waals surface area (Å²) in [5.41, 5.74) is 13.2. The second kappa shape index (κ2) is 7.07. The Bertz CT molecular complexity index is 631. The van der Waals surface area contributed by atoms with Gasteiger partial charge in [0.15, 0.2) is 0 Å². The molecular formula is C14H17N7. The lowest BCUT2D eigenvalue weighted by molar-refractivity contribution is 0.874. The SMILES string of the molecule is C#Cc1cnc(Nc2cc(NCCCN)c(N)cn2)cn1. The number of hydrogen-bond acceptors (Lipinski definition) is 7. The maximum atomic E-state index is 5.87. The van der Waals surface area contributed by atoms with E-state index in [-0.39, 0.29) is 0 Å². The van der Waals surface area contributed by atoms with Crippen LogP contribution < -0.4 is 22.1 Å². The summed E-state index contributed by atoms with van der Waals surface area (Å²) in [6, 6.07) is 1.81. The molecule has 2 heterocycles. The van der Waals surface area contributed by atoms with Gasteiger partial charge in [-0.2, -0.15) is 0 Å². The minimum atomic E-state index is 0.481. The molecule has 21 heavy (non-hydrogen) atoms. The average molecular weight is 283 g/mol. The van der Waals surface area contributed by atoms with E-state index in [9.17, 15) is 0 Å². The first kappa shape index (κ1) is 14.6. The summed E-state index contributed by atoms with van der Waals surface area (Å²) in [6.45, 7) is 1.38. The molecular weight excluding hydrogens is 266 g/mol. The van der Waals surface area contributed by atoms with E-state index in [0.717, 1.165) is 18.7 Å². The van der Waals surface area contributed by atoms with Crippen LogP contribution in [0.2, 0.25) is 0 Å². The van der Waals surface area contributed by atoms with Gasteiger partial charge in [-0.15, -0.1) is 6.42 Å². The van der Waals surface area contributed by atoms with Crippen molar-refractivity contribution in [2.75, 3.05) is 29.5 Å². The third-order valence-electron chi connectivity index (χ3n) is 2.69. The van der Waals surface area contributed by atoms with E-state index in [1.807, 2.05) is 6.07 Å². The maximum Gasteiger partial charge on any atom is 0.150 e. The molecule has 2 aromatic rings. The van der Waals surface area contributed by atoms with Gasteiger partial charge in [-0.3, -0.25) is 0 Å². The molecule has 0 aromatic carbocycles. The van der Waals surface area contributed by atoms with Gasteiger partial charge < -0.3 is 22.1 Å². The summed E-state index contributed by atoms with van der Waals surface area (Å²) in [4.78, 5) is 12.4. The van der Waals surface area contributed by atoms with Crippen molar-refractivity contribution in [3.8, 4) is 12.3 Å². The molecule has 2 aromatic heterocycles. The molecule has 0 aliphatic rings. The molecule has 0 amide bonds. The zero-order chi connectivity index (χ0) is 15.1. The molecule has 2 rings (SSSR count). The van der Waals surface area contributed by atoms with Gasteiger partial charge in [0, 0.05) is 12.6 Å². The van der Waals surface area contributed by atoms with Crippen LogP contribution in [-0.4, -0.2) is 28.0 Å². The minimum absolute atomic E-state index is 0.481. The predicted octanol–water partition coefficient (Wildman–Crippen LogP) is 0.939. The van der Waals surface area contributed by atoms with Crippen molar-refractivity contribution in [2.45, 2.75) is 6.42 Å². The Hall–Kier alpha value is -2.85. The van der Waals surface area contributed by atoms with Crippen LogP contribution in [0.5, 0.6) is 0 Å². The first-order valence-corrected chi connectivity index (χ1v) is 6.48. The smallest absolute Gasteiger partial charge is 0.150 e. The second-order valence-electron chi connectivity index (χ2n) is 4.28. The van der Waals surface area contributed by atoms with Gasteiger partial charge >= 0.3 is 0 Å². The third-order valence-corrected chi connectivity index (χ3v) is 2.69. The molecule has 0 aliphatic carbocycles. The quantitative estimate of drug-likeness (QED) is 0.460. The van der Waals surface area contributed by atoms with Crippen molar-refractivity contribution in [3.05, 3.63) is 30.4 Å². The van der Waals surface area contributed by atoms with Crippen LogP contribution in [0, 0.1) is 12.3 Å². The second-order valence-corrected chi connectivity index (χ2v) is 4.28. The number of nitrogen functional groups attached to an aromatic ring is 1. The average Bonchev–Trinajstić information content (AvgIpc) is 2.51. The summed E-state index contributed by atoms with van der Waals surface area (Å²) in [5, 5.41) is 6.25. The zero-order valence-electron chi connectivity index (χ0n) is 11.5. The Morgan fingerprint density at radius 1 is 1.14 bits per heavy atom. The fourth-order valence-corrected chi connectivity index (χ4v) is 1.61. The predicted molar refractivity (Wildman–Crippen MR) is 84.1 cm³/mol. The standard InChI is InChI=1S/C14H17N7/c1-2-10-7-19-14(9-18-10)21-13-6-12(11(16)8-20-13)17-5-3-4-15/h1,6-9H,3-5,15-16H2,(H2,17,19,20,21). The lowest BCUT2D eigenvalue weighted by atomic mass is 10.3. The van der Waals surface area contributed by atoms with Crippen LogP contribution in [0.25, 0.3) is 0 Å². The van der Waals surface area contributed by atoms with Crippen LogP contribution in [0.15, 0.2) is 24.7 Å². The highest BCUT2D eigenvalue weighted by Gasteiger charge is 2.03. The van der Waals surface area contributed by atoms with Gasteiger partial charge in [-0.25, -0.2) is 15.0 Å². The van der Waals surface area contributed by atoms with Crippen LogP contribution in [-0.2, 0) is 0 Å². The summed E-state index contributed by atoms with van der Waals surface area (Å²) in [5.74, 6) is 3.58. The Kier molecular flexibility index (Phi) is 4.90. The van der Waals surface area contributed by atoms with Crippen LogP contribution in [0.3, 0.4) is 0 Å². The Balaban J connectivity index is 2.09. The van der Waals surface area contributed by atoms with Gasteiger partial charge in [-0.1, -0.05) is 0 Å². The largest absolute Gasteiger partial charge is 0.396 e. The number of terminal acetylenes is 1. The summed E-state index contributed by atoms with van der Waals surface area (Å²) >= 11 is 0. The van der Waals surface area contributed by atoms with Gasteiger partial charge in [0.1, 0.15) is 17.3 Å². The molecule has 0 spiro atoms. The number of hydrogen-bond donors (Lipinski definition) is 4. The number of nitrogens with zero attached hydrogens (tertiary/aromatic N) is 3. The first-order valence-electron chi connectivity index (χ1n) is 6.48. The molecule has 0 saturated heterocycles. The molecule has 6 N–H and O–H groups in total. The van der Waals surface area contributed by atoms with Gasteiger partial charge in [0.25, 0.3) is 0 Å². The van der Waals surface area contributed by atoms with Crippen molar-refractivity contribution in [2.24, 2.45) is 5.73 Å². The number of rotatable bonds is 6. The highest BCUT2D eigenvalue weighted by atomic mass is 15.1. The van der Waals surface area contributed by atoms with E-state index >= 15 is 0 Å². The molecule has 7 nitrogen and oxygen atoms in total. The number of aromatic nitrogens is 3. The number of nitrogens with one attached hydrogen (secondary N) is 2. The van der Waals surface area contributed by atoms with Crippen molar-refractivity contribution in [1.82, 2.24) is 15.0 Å². The maximum absolute atomic E-state index is 5.87. The first-order chi connectivity index (χ1) is 10.2. The molecule has 0 atom stereocenters. The van der Waals surface area contributed by atoms with Gasteiger partial charge in [0.2, 0.25) is 0 Å². The molecule has 0 fully saturated rings. The Morgan fingerprint density at radius 2 is 1.95 bits per heavy atom. The van der Waals surface area contributed by atoms with E-state index in [0.29, 0.717) is 29.6 Å². The highest BCUT2D eigenvalue weighted by molar-refractivity contribution is 5.70. The Morgan fingerprint density at radius 3 is 2.62 bits per heavy atom. The molecule has 0 aliphatic heterocycles. The number of anilines is 4. The van der Waals surface area contributed by atoms with E-state index in [2.05, 4.69) is 31.5 Å². The Labute approximate surface area is 123 Å². The van der Waals surface area contributed by atoms with Crippen molar-refractivity contribution < 1.29 is 0 Å². The normalized spacial score (nSPS) is 9.90. The monoisotopic (exact) mass is 283 g/mol. The topological polar surface area (TPSA) is 115 Å². The van der Waals surface area contributed by atoms with Crippen molar-refractivity contribution >= 4 is 23.0 Å². The molecule has 0 radical (unpaired) electrons. The molecule has 0 bridgehead atoms. The summed E-state index contributed by atoms with van der Waals surface area (Å²) in [6.07, 6.45) is 10.7. The summed E-state index contributed by atoms with van der Waals surface area (Å²) < 4.78 is 0. The molecule has 108 valence electrons. The lowest BCUT2D eigenvalue weighted by Gasteiger charge is -2.11. The molecule has 7 heteroatoms. The van der Waals surface area contributed by atoms with E-state index in [1.54, 1.807) is 12.4 Å².